The molecule has 1 heterocycles. The highest BCUT2D eigenvalue weighted by Crippen LogP contribution is 2.13. The van der Waals surface area contributed by atoms with Crippen LogP contribution in [0.3, 0.4) is 0 Å². The molecule has 3 rings (SSSR count). The lowest BCUT2D eigenvalue weighted by atomic mass is 10.1. The summed E-state index contributed by atoms with van der Waals surface area (Å²) in [4.78, 5) is 28.6. The van der Waals surface area contributed by atoms with E-state index < -0.39 is 5.82 Å². The van der Waals surface area contributed by atoms with Gasteiger partial charge >= 0.3 is 0 Å². The maximum absolute atomic E-state index is 13.3. The summed E-state index contributed by atoms with van der Waals surface area (Å²) in [6, 6.07) is 13.2. The van der Waals surface area contributed by atoms with Crippen molar-refractivity contribution in [3.8, 4) is 0 Å². The topological polar surface area (TPSA) is 40.6 Å². The standard InChI is InChI=1S/C20H21FN2O2/c1-15-6-8-16(9-7-15)19(24)22-10-3-11-23(13-12-22)20(25)17-4-2-5-18(21)14-17/h2,4-9,14H,3,10-13H2,1H3. The van der Waals surface area contributed by atoms with E-state index in [1.165, 1.54) is 18.2 Å². The first-order valence-electron chi connectivity index (χ1n) is 8.45. The van der Waals surface area contributed by atoms with Gasteiger partial charge in [0.15, 0.2) is 0 Å². The summed E-state index contributed by atoms with van der Waals surface area (Å²) in [5.74, 6) is -0.624. The van der Waals surface area contributed by atoms with Crippen molar-refractivity contribution in [2.24, 2.45) is 0 Å². The summed E-state index contributed by atoms with van der Waals surface area (Å²) in [5, 5.41) is 0. The van der Waals surface area contributed by atoms with Crippen LogP contribution in [0, 0.1) is 12.7 Å². The Labute approximate surface area is 146 Å². The van der Waals surface area contributed by atoms with Gasteiger partial charge in [0.1, 0.15) is 5.82 Å². The Morgan fingerprint density at radius 2 is 1.44 bits per heavy atom. The monoisotopic (exact) mass is 340 g/mol. The van der Waals surface area contributed by atoms with Gasteiger partial charge in [0, 0.05) is 37.3 Å². The van der Waals surface area contributed by atoms with E-state index in [2.05, 4.69) is 0 Å². The third kappa shape index (κ3) is 4.05. The Kier molecular flexibility index (Phi) is 5.12. The summed E-state index contributed by atoms with van der Waals surface area (Å²) in [6.07, 6.45) is 0.707. The zero-order valence-electron chi connectivity index (χ0n) is 14.2. The van der Waals surface area contributed by atoms with E-state index in [0.29, 0.717) is 43.7 Å². The fourth-order valence-corrected chi connectivity index (χ4v) is 3.01. The molecular weight excluding hydrogens is 319 g/mol. The zero-order chi connectivity index (χ0) is 17.8. The van der Waals surface area contributed by atoms with E-state index >= 15 is 0 Å². The van der Waals surface area contributed by atoms with Crippen LogP contribution in [0.5, 0.6) is 0 Å². The molecule has 2 aromatic carbocycles. The number of benzene rings is 2. The van der Waals surface area contributed by atoms with E-state index in [9.17, 15) is 14.0 Å². The maximum Gasteiger partial charge on any atom is 0.254 e. The molecule has 1 aliphatic rings. The third-order valence-corrected chi connectivity index (χ3v) is 4.44. The minimum atomic E-state index is -0.420. The largest absolute Gasteiger partial charge is 0.337 e. The second kappa shape index (κ2) is 7.47. The Balaban J connectivity index is 1.67. The van der Waals surface area contributed by atoms with E-state index in [-0.39, 0.29) is 11.8 Å². The van der Waals surface area contributed by atoms with Crippen LogP contribution in [0.1, 0.15) is 32.7 Å². The van der Waals surface area contributed by atoms with Gasteiger partial charge in [-0.25, -0.2) is 4.39 Å². The average Bonchev–Trinajstić information content (AvgIpc) is 2.87. The van der Waals surface area contributed by atoms with Crippen LogP contribution in [0.25, 0.3) is 0 Å². The number of aryl methyl sites for hydroxylation is 1. The Hall–Kier alpha value is -2.69. The molecule has 0 aliphatic carbocycles. The molecule has 0 N–H and O–H groups in total. The minimum Gasteiger partial charge on any atom is -0.337 e. The van der Waals surface area contributed by atoms with Crippen molar-refractivity contribution in [2.75, 3.05) is 26.2 Å². The maximum atomic E-state index is 13.3. The van der Waals surface area contributed by atoms with Gasteiger partial charge in [-0.2, -0.15) is 0 Å². The molecule has 0 saturated carbocycles. The zero-order valence-corrected chi connectivity index (χ0v) is 14.2. The molecule has 25 heavy (non-hydrogen) atoms. The Morgan fingerprint density at radius 3 is 2.04 bits per heavy atom. The number of carbonyl (C=O) groups is 2. The minimum absolute atomic E-state index is 0.0138. The van der Waals surface area contributed by atoms with Gasteiger partial charge in [0.25, 0.3) is 11.8 Å². The number of halogens is 1. The third-order valence-electron chi connectivity index (χ3n) is 4.44. The highest BCUT2D eigenvalue weighted by atomic mass is 19.1. The predicted molar refractivity (Wildman–Crippen MR) is 94.0 cm³/mol. The van der Waals surface area contributed by atoms with Gasteiger partial charge in [-0.1, -0.05) is 23.8 Å². The smallest absolute Gasteiger partial charge is 0.254 e. The van der Waals surface area contributed by atoms with Gasteiger partial charge in [-0.15, -0.1) is 0 Å². The van der Waals surface area contributed by atoms with E-state index in [1.807, 2.05) is 31.2 Å². The van der Waals surface area contributed by atoms with Crippen LogP contribution < -0.4 is 0 Å². The second-order valence-corrected chi connectivity index (χ2v) is 6.31. The van der Waals surface area contributed by atoms with Gasteiger partial charge in [0.05, 0.1) is 0 Å². The lowest BCUT2D eigenvalue weighted by molar-refractivity contribution is 0.0718. The predicted octanol–water partition coefficient (Wildman–Crippen LogP) is 3.12. The molecule has 2 aromatic rings. The highest BCUT2D eigenvalue weighted by molar-refractivity contribution is 5.95. The Bertz CT molecular complexity index is 774. The molecule has 0 unspecified atom stereocenters. The van der Waals surface area contributed by atoms with Crippen molar-refractivity contribution < 1.29 is 14.0 Å². The molecule has 4 nitrogen and oxygen atoms in total. The summed E-state index contributed by atoms with van der Waals surface area (Å²) < 4.78 is 13.3. The summed E-state index contributed by atoms with van der Waals surface area (Å²) in [7, 11) is 0. The van der Waals surface area contributed by atoms with Crippen LogP contribution in [0.4, 0.5) is 4.39 Å². The lowest BCUT2D eigenvalue weighted by Gasteiger charge is -2.22. The van der Waals surface area contributed by atoms with Crippen LogP contribution in [0.15, 0.2) is 48.5 Å². The van der Waals surface area contributed by atoms with Crippen LogP contribution in [-0.2, 0) is 0 Å². The molecule has 1 fully saturated rings. The number of nitrogens with zero attached hydrogens (tertiary/aromatic N) is 2. The second-order valence-electron chi connectivity index (χ2n) is 6.31. The van der Waals surface area contributed by atoms with Gasteiger partial charge in [-0.05, 0) is 43.7 Å². The molecule has 0 radical (unpaired) electrons. The number of amides is 2. The van der Waals surface area contributed by atoms with E-state index in [1.54, 1.807) is 15.9 Å². The molecule has 2 amide bonds. The SMILES string of the molecule is Cc1ccc(C(=O)N2CCCN(C(=O)c3cccc(F)c3)CC2)cc1. The van der Waals surface area contributed by atoms with Crippen molar-refractivity contribution in [3.63, 3.8) is 0 Å². The Morgan fingerprint density at radius 1 is 0.840 bits per heavy atom. The van der Waals surface area contributed by atoms with Crippen molar-refractivity contribution in [3.05, 3.63) is 71.0 Å². The van der Waals surface area contributed by atoms with Gasteiger partial charge in [-0.3, -0.25) is 9.59 Å². The summed E-state index contributed by atoms with van der Waals surface area (Å²) in [6.45, 7) is 4.09. The fraction of sp³-hybridized carbons (Fsp3) is 0.300. The summed E-state index contributed by atoms with van der Waals surface area (Å²) >= 11 is 0. The quantitative estimate of drug-likeness (QED) is 0.843. The number of hydrogen-bond donors (Lipinski definition) is 0. The molecular formula is C20H21FN2O2. The van der Waals surface area contributed by atoms with Gasteiger partial charge < -0.3 is 9.80 Å². The molecule has 0 atom stereocenters. The summed E-state index contributed by atoms with van der Waals surface area (Å²) in [5.41, 5.74) is 2.12. The first-order chi connectivity index (χ1) is 12.0. The lowest BCUT2D eigenvalue weighted by Crippen LogP contribution is -2.37. The first-order valence-corrected chi connectivity index (χ1v) is 8.45. The van der Waals surface area contributed by atoms with Crippen LogP contribution >= 0.6 is 0 Å². The highest BCUT2D eigenvalue weighted by Gasteiger charge is 2.23. The number of carbonyl (C=O) groups excluding carboxylic acids is 2. The fourth-order valence-electron chi connectivity index (χ4n) is 3.01. The molecule has 1 saturated heterocycles. The first kappa shape index (κ1) is 17.1. The van der Waals surface area contributed by atoms with Gasteiger partial charge in [0.2, 0.25) is 0 Å². The van der Waals surface area contributed by atoms with E-state index in [0.717, 1.165) is 5.56 Å². The molecule has 5 heteroatoms. The van der Waals surface area contributed by atoms with E-state index in [4.69, 9.17) is 0 Å². The number of rotatable bonds is 2. The van der Waals surface area contributed by atoms with Crippen molar-refractivity contribution in [2.45, 2.75) is 13.3 Å². The van der Waals surface area contributed by atoms with Crippen molar-refractivity contribution >= 4 is 11.8 Å². The normalized spacial score (nSPS) is 15.0. The van der Waals surface area contributed by atoms with Crippen molar-refractivity contribution in [1.82, 2.24) is 9.80 Å². The molecule has 0 aromatic heterocycles. The molecule has 0 bridgehead atoms. The molecule has 1 aliphatic heterocycles. The molecule has 0 spiro atoms. The average molecular weight is 340 g/mol. The van der Waals surface area contributed by atoms with Crippen LogP contribution in [0.2, 0.25) is 0 Å². The van der Waals surface area contributed by atoms with Crippen LogP contribution in [-0.4, -0.2) is 47.8 Å². The molecule has 130 valence electrons. The number of hydrogen-bond acceptors (Lipinski definition) is 2. The van der Waals surface area contributed by atoms with Crippen molar-refractivity contribution in [1.29, 1.82) is 0 Å².